The average molecular weight is 314 g/mol. The molecule has 2 rings (SSSR count). The molecule has 0 aliphatic heterocycles. The highest BCUT2D eigenvalue weighted by Gasteiger charge is 2.14. The molecular weight excluding hydrogens is 306 g/mol. The van der Waals surface area contributed by atoms with E-state index in [1.807, 2.05) is 0 Å². The molecule has 0 aliphatic rings. The van der Waals surface area contributed by atoms with Crippen LogP contribution in [-0.4, -0.2) is 18.0 Å². The zero-order chi connectivity index (χ0) is 13.1. The Balaban J connectivity index is 2.35. The molecule has 0 fully saturated rings. The number of ether oxygens (including phenoxy) is 1. The molecule has 0 radical (unpaired) electrons. The van der Waals surface area contributed by atoms with E-state index in [1.165, 1.54) is 12.1 Å². The van der Waals surface area contributed by atoms with Gasteiger partial charge in [-0.2, -0.15) is 0 Å². The van der Waals surface area contributed by atoms with Gasteiger partial charge in [-0.1, -0.05) is 0 Å². The number of fused-ring (bicyclic) bond motifs is 1. The molecule has 0 spiro atoms. The molecule has 1 aromatic carbocycles. The maximum atomic E-state index is 10.7. The molecule has 0 atom stereocenters. The number of rotatable bonds is 5. The molecule has 0 saturated carbocycles. The van der Waals surface area contributed by atoms with Crippen molar-refractivity contribution in [3.05, 3.63) is 38.5 Å². The van der Waals surface area contributed by atoms with Crippen molar-refractivity contribution in [2.45, 2.75) is 6.42 Å². The second-order valence-corrected chi connectivity index (χ2v) is 4.39. The number of hydrogen-bond donors (Lipinski definition) is 0. The van der Waals surface area contributed by atoms with Gasteiger partial charge in [0, 0.05) is 23.9 Å². The van der Waals surface area contributed by atoms with Crippen molar-refractivity contribution < 1.29 is 18.9 Å². The van der Waals surface area contributed by atoms with Crippen LogP contribution in [0.25, 0.3) is 11.0 Å². The van der Waals surface area contributed by atoms with E-state index in [9.17, 15) is 14.9 Å². The Kier molecular flexibility index (Phi) is 3.61. The van der Waals surface area contributed by atoms with Crippen LogP contribution in [0.4, 0.5) is 5.69 Å². The van der Waals surface area contributed by atoms with Gasteiger partial charge in [0.05, 0.1) is 16.0 Å². The van der Waals surface area contributed by atoms with Gasteiger partial charge in [0.15, 0.2) is 0 Å². The molecule has 18 heavy (non-hydrogen) atoms. The van der Waals surface area contributed by atoms with E-state index in [0.717, 1.165) is 0 Å². The quantitative estimate of drug-likeness (QED) is 0.367. The van der Waals surface area contributed by atoms with Crippen molar-refractivity contribution in [1.82, 2.24) is 0 Å². The van der Waals surface area contributed by atoms with Crippen molar-refractivity contribution in [2.75, 3.05) is 6.61 Å². The van der Waals surface area contributed by atoms with Gasteiger partial charge in [0.2, 0.25) is 0 Å². The third-order valence-corrected chi connectivity index (χ3v) is 2.94. The zero-order valence-corrected chi connectivity index (χ0v) is 10.7. The fourth-order valence-corrected chi connectivity index (χ4v) is 2.13. The predicted molar refractivity (Wildman–Crippen MR) is 66.3 cm³/mol. The maximum Gasteiger partial charge on any atom is 0.293 e. The zero-order valence-electron chi connectivity index (χ0n) is 9.09. The molecule has 2 aromatic rings. The Morgan fingerprint density at radius 1 is 1.44 bits per heavy atom. The van der Waals surface area contributed by atoms with Gasteiger partial charge in [0.25, 0.3) is 12.2 Å². The SMILES string of the molecule is O=COCCc1cc2cc([N+](=O)[O-])cc(Br)c2o1. The summed E-state index contributed by atoms with van der Waals surface area (Å²) in [7, 11) is 0. The molecule has 94 valence electrons. The van der Waals surface area contributed by atoms with Crippen molar-refractivity contribution in [1.29, 1.82) is 0 Å². The summed E-state index contributed by atoms with van der Waals surface area (Å²) in [6.45, 7) is 0.576. The van der Waals surface area contributed by atoms with Gasteiger partial charge in [-0.15, -0.1) is 0 Å². The fraction of sp³-hybridized carbons (Fsp3) is 0.182. The fourth-order valence-electron chi connectivity index (χ4n) is 1.58. The van der Waals surface area contributed by atoms with Crippen LogP contribution in [0, 0.1) is 10.1 Å². The lowest BCUT2D eigenvalue weighted by Gasteiger charge is -1.95. The number of nitrogens with zero attached hydrogens (tertiary/aromatic N) is 1. The lowest BCUT2D eigenvalue weighted by molar-refractivity contribution is -0.384. The second-order valence-electron chi connectivity index (χ2n) is 3.53. The largest absolute Gasteiger partial charge is 0.467 e. The Morgan fingerprint density at radius 3 is 2.89 bits per heavy atom. The van der Waals surface area contributed by atoms with E-state index in [2.05, 4.69) is 20.7 Å². The highest BCUT2D eigenvalue weighted by Crippen LogP contribution is 2.31. The molecule has 0 aliphatic carbocycles. The minimum absolute atomic E-state index is 0.00846. The normalized spacial score (nSPS) is 10.5. The minimum Gasteiger partial charge on any atom is -0.467 e. The second kappa shape index (κ2) is 5.18. The highest BCUT2D eigenvalue weighted by atomic mass is 79.9. The first kappa shape index (κ1) is 12.6. The number of furan rings is 1. The van der Waals surface area contributed by atoms with Gasteiger partial charge in [-0.05, 0) is 22.0 Å². The first-order valence-electron chi connectivity index (χ1n) is 5.03. The van der Waals surface area contributed by atoms with Crippen LogP contribution in [0.2, 0.25) is 0 Å². The smallest absolute Gasteiger partial charge is 0.293 e. The molecular formula is C11H8BrNO5. The molecule has 7 heteroatoms. The molecule has 0 amide bonds. The van der Waals surface area contributed by atoms with Gasteiger partial charge in [-0.3, -0.25) is 14.9 Å². The topological polar surface area (TPSA) is 82.6 Å². The van der Waals surface area contributed by atoms with Crippen molar-refractivity contribution >= 4 is 39.1 Å². The van der Waals surface area contributed by atoms with E-state index in [4.69, 9.17) is 4.42 Å². The Labute approximate surface area is 110 Å². The van der Waals surface area contributed by atoms with E-state index in [0.29, 0.717) is 34.1 Å². The summed E-state index contributed by atoms with van der Waals surface area (Å²) in [5, 5.41) is 11.3. The highest BCUT2D eigenvalue weighted by molar-refractivity contribution is 9.10. The summed E-state index contributed by atoms with van der Waals surface area (Å²) in [6.07, 6.45) is 0.424. The first-order valence-corrected chi connectivity index (χ1v) is 5.82. The number of benzene rings is 1. The molecule has 6 nitrogen and oxygen atoms in total. The van der Waals surface area contributed by atoms with Crippen molar-refractivity contribution in [2.24, 2.45) is 0 Å². The number of halogens is 1. The van der Waals surface area contributed by atoms with Crippen LogP contribution in [0.5, 0.6) is 0 Å². The van der Waals surface area contributed by atoms with Gasteiger partial charge in [-0.25, -0.2) is 0 Å². The molecule has 0 bridgehead atoms. The summed E-state index contributed by atoms with van der Waals surface area (Å²) in [6, 6.07) is 4.52. The maximum absolute atomic E-state index is 10.7. The summed E-state index contributed by atoms with van der Waals surface area (Å²) in [5.74, 6) is 0.605. The van der Waals surface area contributed by atoms with E-state index >= 15 is 0 Å². The Morgan fingerprint density at radius 2 is 2.22 bits per heavy atom. The standard InChI is InChI=1S/C11H8BrNO5/c12-10-5-8(13(15)16)3-7-4-9(18-11(7)10)1-2-17-6-14/h3-6H,1-2H2. The summed E-state index contributed by atoms with van der Waals surface area (Å²) < 4.78 is 10.6. The van der Waals surface area contributed by atoms with Crippen molar-refractivity contribution in [3.63, 3.8) is 0 Å². The van der Waals surface area contributed by atoms with Crippen molar-refractivity contribution in [3.8, 4) is 0 Å². The first-order chi connectivity index (χ1) is 8.61. The van der Waals surface area contributed by atoms with Gasteiger partial charge >= 0.3 is 0 Å². The number of carbonyl (C=O) groups excluding carboxylic acids is 1. The lowest BCUT2D eigenvalue weighted by Crippen LogP contribution is -1.94. The van der Waals surface area contributed by atoms with Crippen LogP contribution >= 0.6 is 15.9 Å². The van der Waals surface area contributed by atoms with Crippen LogP contribution in [-0.2, 0) is 16.0 Å². The number of nitro groups is 1. The third-order valence-electron chi connectivity index (χ3n) is 2.35. The number of hydrogen-bond acceptors (Lipinski definition) is 5. The lowest BCUT2D eigenvalue weighted by atomic mass is 10.2. The third kappa shape index (κ3) is 2.51. The monoisotopic (exact) mass is 313 g/mol. The Hall–Kier alpha value is -1.89. The Bertz CT molecular complexity index is 607. The minimum atomic E-state index is -0.466. The summed E-state index contributed by atoms with van der Waals surface area (Å²) in [5.41, 5.74) is 0.535. The predicted octanol–water partition coefficient (Wildman–Crippen LogP) is 2.82. The summed E-state index contributed by atoms with van der Waals surface area (Å²) in [4.78, 5) is 20.2. The molecule has 0 N–H and O–H groups in total. The van der Waals surface area contributed by atoms with Crippen LogP contribution in [0.3, 0.4) is 0 Å². The molecule has 1 aromatic heterocycles. The van der Waals surface area contributed by atoms with Gasteiger partial charge < -0.3 is 9.15 Å². The average Bonchev–Trinajstić information content (AvgIpc) is 2.72. The molecule has 1 heterocycles. The van der Waals surface area contributed by atoms with E-state index < -0.39 is 4.92 Å². The van der Waals surface area contributed by atoms with Crippen LogP contribution in [0.1, 0.15) is 5.76 Å². The summed E-state index contributed by atoms with van der Waals surface area (Å²) >= 11 is 3.23. The molecule has 0 unspecified atom stereocenters. The molecule has 0 saturated heterocycles. The van der Waals surface area contributed by atoms with E-state index in [-0.39, 0.29) is 12.3 Å². The van der Waals surface area contributed by atoms with Gasteiger partial charge in [0.1, 0.15) is 11.3 Å². The van der Waals surface area contributed by atoms with Crippen LogP contribution in [0.15, 0.2) is 27.1 Å². The van der Waals surface area contributed by atoms with E-state index in [1.54, 1.807) is 6.07 Å². The number of carbonyl (C=O) groups is 1. The van der Waals surface area contributed by atoms with Crippen LogP contribution < -0.4 is 0 Å². The number of nitro benzene ring substituents is 1. The number of non-ortho nitro benzene ring substituents is 1.